The van der Waals surface area contributed by atoms with Crippen LogP contribution >= 0.6 is 11.6 Å². The molecule has 2 aromatic rings. The molecule has 0 spiro atoms. The maximum Gasteiger partial charge on any atom is 0.417 e. The molecule has 0 unspecified atom stereocenters. The van der Waals surface area contributed by atoms with Gasteiger partial charge in [0, 0.05) is 5.69 Å². The molecular weight excluding hydrogens is 400 g/mol. The molecule has 9 heteroatoms. The van der Waals surface area contributed by atoms with E-state index in [1.807, 2.05) is 0 Å². The molecule has 2 N–H and O–H groups in total. The first-order valence-corrected chi connectivity index (χ1v) is 8.61. The first-order chi connectivity index (χ1) is 13.0. The predicted molar refractivity (Wildman–Crippen MR) is 97.6 cm³/mol. The van der Waals surface area contributed by atoms with E-state index in [-0.39, 0.29) is 11.3 Å². The van der Waals surface area contributed by atoms with Gasteiger partial charge in [0.05, 0.1) is 16.1 Å². The molecule has 28 heavy (non-hydrogen) atoms. The van der Waals surface area contributed by atoms with Crippen LogP contribution in [0.5, 0.6) is 0 Å². The number of halogens is 5. The summed E-state index contributed by atoms with van der Waals surface area (Å²) in [6.45, 7) is 3.27. The molecule has 0 saturated heterocycles. The minimum atomic E-state index is -4.69. The Morgan fingerprint density at radius 1 is 1.07 bits per heavy atom. The van der Waals surface area contributed by atoms with Crippen molar-refractivity contribution in [3.05, 3.63) is 64.4 Å². The van der Waals surface area contributed by atoms with Crippen LogP contribution in [0, 0.1) is 11.7 Å². The van der Waals surface area contributed by atoms with Crippen molar-refractivity contribution in [2.45, 2.75) is 26.1 Å². The van der Waals surface area contributed by atoms with Crippen molar-refractivity contribution in [3.63, 3.8) is 0 Å². The molecule has 4 nitrogen and oxygen atoms in total. The average molecular weight is 417 g/mol. The van der Waals surface area contributed by atoms with Gasteiger partial charge in [0.25, 0.3) is 5.91 Å². The Hall–Kier alpha value is -2.61. The standard InChI is InChI=1S/C19H17ClF4N2O2/c1-10(2)16(26-17(27)12-5-3-4-6-15(12)21)18(28)25-11-7-8-14(20)13(9-11)19(22,23)24/h3-10,16H,1-2H3,(H,25,28)(H,26,27)/t16-/m1/s1. The van der Waals surface area contributed by atoms with E-state index in [0.717, 1.165) is 12.1 Å². The topological polar surface area (TPSA) is 58.2 Å². The Morgan fingerprint density at radius 2 is 1.71 bits per heavy atom. The highest BCUT2D eigenvalue weighted by atomic mass is 35.5. The lowest BCUT2D eigenvalue weighted by molar-refractivity contribution is -0.137. The molecule has 0 fully saturated rings. The van der Waals surface area contributed by atoms with Gasteiger partial charge in [-0.15, -0.1) is 0 Å². The SMILES string of the molecule is CC(C)[C@@H](NC(=O)c1ccccc1F)C(=O)Nc1ccc(Cl)c(C(F)(F)F)c1. The van der Waals surface area contributed by atoms with E-state index in [0.29, 0.717) is 6.07 Å². The van der Waals surface area contributed by atoms with Crippen molar-refractivity contribution in [1.82, 2.24) is 5.32 Å². The second-order valence-corrected chi connectivity index (χ2v) is 6.76. The number of alkyl halides is 3. The Morgan fingerprint density at radius 3 is 2.29 bits per heavy atom. The van der Waals surface area contributed by atoms with E-state index < -0.39 is 46.4 Å². The van der Waals surface area contributed by atoms with Crippen molar-refractivity contribution in [3.8, 4) is 0 Å². The zero-order chi connectivity index (χ0) is 21.1. The second kappa shape index (κ2) is 8.60. The number of anilines is 1. The molecule has 2 aromatic carbocycles. The van der Waals surface area contributed by atoms with Crippen molar-refractivity contribution < 1.29 is 27.2 Å². The second-order valence-electron chi connectivity index (χ2n) is 6.36. The summed E-state index contributed by atoms with van der Waals surface area (Å²) in [6.07, 6.45) is -4.69. The summed E-state index contributed by atoms with van der Waals surface area (Å²) in [4.78, 5) is 24.8. The van der Waals surface area contributed by atoms with E-state index in [1.165, 1.54) is 24.3 Å². The van der Waals surface area contributed by atoms with Crippen LogP contribution < -0.4 is 10.6 Å². The molecular formula is C19H17ClF4N2O2. The van der Waals surface area contributed by atoms with Gasteiger partial charge in [0.15, 0.2) is 0 Å². The van der Waals surface area contributed by atoms with E-state index in [9.17, 15) is 27.2 Å². The molecule has 2 amide bonds. The van der Waals surface area contributed by atoms with E-state index in [2.05, 4.69) is 10.6 Å². The molecule has 2 rings (SSSR count). The largest absolute Gasteiger partial charge is 0.417 e. The lowest BCUT2D eigenvalue weighted by Gasteiger charge is -2.22. The Labute approximate surface area is 163 Å². The average Bonchev–Trinajstić information content (AvgIpc) is 2.60. The van der Waals surface area contributed by atoms with Crippen LogP contribution in [0.1, 0.15) is 29.8 Å². The van der Waals surface area contributed by atoms with Crippen molar-refractivity contribution in [2.75, 3.05) is 5.32 Å². The minimum absolute atomic E-state index is 0.132. The minimum Gasteiger partial charge on any atom is -0.340 e. The fourth-order valence-electron chi connectivity index (χ4n) is 2.44. The van der Waals surface area contributed by atoms with Crippen LogP contribution in [0.3, 0.4) is 0 Å². The van der Waals surface area contributed by atoms with E-state index in [4.69, 9.17) is 11.6 Å². The van der Waals surface area contributed by atoms with Crippen molar-refractivity contribution >= 4 is 29.1 Å². The van der Waals surface area contributed by atoms with Crippen molar-refractivity contribution in [2.24, 2.45) is 5.92 Å². The number of carbonyl (C=O) groups excluding carboxylic acids is 2. The van der Waals surface area contributed by atoms with Gasteiger partial charge in [-0.05, 0) is 36.2 Å². The molecule has 0 bridgehead atoms. The van der Waals surface area contributed by atoms with Crippen LogP contribution in [-0.4, -0.2) is 17.9 Å². The van der Waals surface area contributed by atoms with Crippen LogP contribution in [0.2, 0.25) is 5.02 Å². The number of benzene rings is 2. The van der Waals surface area contributed by atoms with Gasteiger partial charge in [-0.25, -0.2) is 4.39 Å². The molecule has 0 aliphatic carbocycles. The fraction of sp³-hybridized carbons (Fsp3) is 0.263. The summed E-state index contributed by atoms with van der Waals surface area (Å²) in [5.74, 6) is -2.71. The Balaban J connectivity index is 2.20. The van der Waals surface area contributed by atoms with Crippen molar-refractivity contribution in [1.29, 1.82) is 0 Å². The molecule has 0 radical (unpaired) electrons. The smallest absolute Gasteiger partial charge is 0.340 e. The third kappa shape index (κ3) is 5.22. The third-order valence-corrected chi connectivity index (χ3v) is 4.22. The van der Waals surface area contributed by atoms with Gasteiger partial charge >= 0.3 is 6.18 Å². The van der Waals surface area contributed by atoms with Gasteiger partial charge in [0.2, 0.25) is 5.91 Å². The van der Waals surface area contributed by atoms with Gasteiger partial charge in [-0.1, -0.05) is 37.6 Å². The highest BCUT2D eigenvalue weighted by molar-refractivity contribution is 6.31. The monoisotopic (exact) mass is 416 g/mol. The summed E-state index contributed by atoms with van der Waals surface area (Å²) in [6, 6.07) is 7.08. The maximum absolute atomic E-state index is 13.8. The summed E-state index contributed by atoms with van der Waals surface area (Å²) in [5, 5.41) is 4.24. The molecule has 150 valence electrons. The highest BCUT2D eigenvalue weighted by Crippen LogP contribution is 2.36. The van der Waals surface area contributed by atoms with Gasteiger partial charge in [-0.2, -0.15) is 13.2 Å². The van der Waals surface area contributed by atoms with Gasteiger partial charge in [-0.3, -0.25) is 9.59 Å². The Kier molecular flexibility index (Phi) is 6.66. The molecule has 0 saturated carbocycles. The van der Waals surface area contributed by atoms with Crippen LogP contribution in [0.4, 0.5) is 23.2 Å². The fourth-order valence-corrected chi connectivity index (χ4v) is 2.66. The molecule has 0 aromatic heterocycles. The molecule has 0 heterocycles. The lowest BCUT2D eigenvalue weighted by Crippen LogP contribution is -2.47. The lowest BCUT2D eigenvalue weighted by atomic mass is 10.0. The number of amides is 2. The Bertz CT molecular complexity index is 884. The predicted octanol–water partition coefficient (Wildman–Crippen LogP) is 4.89. The summed E-state index contributed by atoms with van der Waals surface area (Å²) in [5.41, 5.74) is -1.47. The zero-order valence-corrected chi connectivity index (χ0v) is 15.7. The third-order valence-electron chi connectivity index (χ3n) is 3.89. The summed E-state index contributed by atoms with van der Waals surface area (Å²) < 4.78 is 52.6. The number of hydrogen-bond donors (Lipinski definition) is 2. The number of hydrogen-bond acceptors (Lipinski definition) is 2. The summed E-state index contributed by atoms with van der Waals surface area (Å²) >= 11 is 5.56. The zero-order valence-electron chi connectivity index (χ0n) is 14.9. The molecule has 0 aliphatic rings. The van der Waals surface area contributed by atoms with E-state index in [1.54, 1.807) is 13.8 Å². The van der Waals surface area contributed by atoms with Gasteiger partial charge in [0.1, 0.15) is 11.9 Å². The quantitative estimate of drug-likeness (QED) is 0.682. The highest BCUT2D eigenvalue weighted by Gasteiger charge is 2.34. The van der Waals surface area contributed by atoms with Crippen LogP contribution in [0.25, 0.3) is 0 Å². The van der Waals surface area contributed by atoms with Crippen LogP contribution in [-0.2, 0) is 11.0 Å². The maximum atomic E-state index is 13.8. The summed E-state index contributed by atoms with van der Waals surface area (Å²) in [7, 11) is 0. The van der Waals surface area contributed by atoms with Gasteiger partial charge < -0.3 is 10.6 Å². The first-order valence-electron chi connectivity index (χ1n) is 8.23. The molecule has 0 aliphatic heterocycles. The number of nitrogens with one attached hydrogen (secondary N) is 2. The van der Waals surface area contributed by atoms with Crippen LogP contribution in [0.15, 0.2) is 42.5 Å². The number of carbonyl (C=O) groups is 2. The molecule has 1 atom stereocenters. The number of rotatable bonds is 5. The van der Waals surface area contributed by atoms with E-state index >= 15 is 0 Å². The normalized spacial score (nSPS) is 12.6. The first kappa shape index (κ1) is 21.7.